The van der Waals surface area contributed by atoms with Crippen LogP contribution in [0.15, 0.2) is 39.4 Å². The number of nitrogens with one attached hydrogen (secondary N) is 1. The molecule has 0 atom stereocenters. The van der Waals surface area contributed by atoms with E-state index in [0.717, 1.165) is 10.6 Å². The van der Waals surface area contributed by atoms with Crippen molar-refractivity contribution in [3.05, 3.63) is 55.5 Å². The van der Waals surface area contributed by atoms with E-state index in [1.807, 2.05) is 4.98 Å². The lowest BCUT2D eigenvalue weighted by atomic mass is 10.3. The normalized spacial score (nSPS) is 10.2. The number of hydrogen-bond acceptors (Lipinski definition) is 6. The van der Waals surface area contributed by atoms with Crippen molar-refractivity contribution in [2.24, 2.45) is 0 Å². The van der Waals surface area contributed by atoms with Crippen LogP contribution in [-0.2, 0) is 16.1 Å². The van der Waals surface area contributed by atoms with Crippen molar-refractivity contribution in [2.75, 3.05) is 6.61 Å². The number of aromatic amines is 1. The molecule has 7 nitrogen and oxygen atoms in total. The number of thiophene rings is 1. The monoisotopic (exact) mass is 294 g/mol. The van der Waals surface area contributed by atoms with Crippen molar-refractivity contribution >= 4 is 23.1 Å². The van der Waals surface area contributed by atoms with E-state index in [1.54, 1.807) is 17.5 Å². The molecule has 20 heavy (non-hydrogen) atoms. The van der Waals surface area contributed by atoms with E-state index >= 15 is 0 Å². The average Bonchev–Trinajstić information content (AvgIpc) is 2.93. The molecule has 1 N–H and O–H groups in total. The predicted molar refractivity (Wildman–Crippen MR) is 70.9 cm³/mol. The number of esters is 1. The summed E-state index contributed by atoms with van der Waals surface area (Å²) in [5.74, 6) is -1.04. The van der Waals surface area contributed by atoms with Crippen LogP contribution in [-0.4, -0.2) is 27.9 Å². The highest BCUT2D eigenvalue weighted by Crippen LogP contribution is 2.09. The molecule has 0 saturated heterocycles. The van der Waals surface area contributed by atoms with Gasteiger partial charge in [-0.05, 0) is 11.4 Å². The molecule has 0 aromatic carbocycles. The van der Waals surface area contributed by atoms with E-state index < -0.39 is 17.2 Å². The summed E-state index contributed by atoms with van der Waals surface area (Å²) in [5.41, 5.74) is -1.26. The maximum atomic E-state index is 11.6. The topological polar surface area (TPSA) is 98.2 Å². The molecule has 0 fully saturated rings. The third kappa shape index (κ3) is 3.51. The van der Waals surface area contributed by atoms with Gasteiger partial charge in [0, 0.05) is 12.3 Å². The first-order valence-electron chi connectivity index (χ1n) is 5.58. The number of nitrogens with zero attached hydrogens (tertiary/aromatic N) is 1. The highest BCUT2D eigenvalue weighted by Gasteiger charge is 2.11. The quantitative estimate of drug-likeness (QED) is 0.619. The minimum absolute atomic E-state index is 0.304. The Hall–Kier alpha value is -2.48. The molecule has 0 aliphatic rings. The molecule has 0 aliphatic heterocycles. The second-order valence-corrected chi connectivity index (χ2v) is 4.75. The smallest absolute Gasteiger partial charge is 0.328 e. The minimum atomic E-state index is -0.732. The second-order valence-electron chi connectivity index (χ2n) is 3.80. The fourth-order valence-electron chi connectivity index (χ4n) is 1.41. The fourth-order valence-corrected chi connectivity index (χ4v) is 2.06. The lowest BCUT2D eigenvalue weighted by Gasteiger charge is -2.05. The molecule has 104 valence electrons. The van der Waals surface area contributed by atoms with Gasteiger partial charge in [0.2, 0.25) is 5.78 Å². The molecule has 0 bridgehead atoms. The molecule has 0 unspecified atom stereocenters. The van der Waals surface area contributed by atoms with Gasteiger partial charge in [0.15, 0.2) is 6.61 Å². The van der Waals surface area contributed by atoms with Crippen molar-refractivity contribution < 1.29 is 14.3 Å². The summed E-state index contributed by atoms with van der Waals surface area (Å²) < 4.78 is 5.77. The minimum Gasteiger partial charge on any atom is -0.456 e. The number of carbonyl (C=O) groups is 2. The van der Waals surface area contributed by atoms with Crippen LogP contribution in [0.5, 0.6) is 0 Å². The third-order valence-electron chi connectivity index (χ3n) is 2.36. The zero-order valence-electron chi connectivity index (χ0n) is 10.2. The number of hydrogen-bond donors (Lipinski definition) is 1. The predicted octanol–water partition coefficient (Wildman–Crippen LogP) is 0.0242. The van der Waals surface area contributed by atoms with Crippen LogP contribution >= 0.6 is 11.3 Å². The average molecular weight is 294 g/mol. The van der Waals surface area contributed by atoms with Gasteiger partial charge < -0.3 is 4.74 Å². The molecule has 0 amide bonds. The maximum absolute atomic E-state index is 11.6. The summed E-state index contributed by atoms with van der Waals surface area (Å²) in [7, 11) is 0. The molecule has 0 saturated carbocycles. The Morgan fingerprint density at radius 3 is 2.75 bits per heavy atom. The summed E-state index contributed by atoms with van der Waals surface area (Å²) in [5, 5.41) is 1.74. The Morgan fingerprint density at radius 2 is 2.10 bits per heavy atom. The van der Waals surface area contributed by atoms with Crippen LogP contribution in [0, 0.1) is 0 Å². The lowest BCUT2D eigenvalue weighted by Crippen LogP contribution is -2.31. The molecule has 2 aromatic heterocycles. The largest absolute Gasteiger partial charge is 0.456 e. The van der Waals surface area contributed by atoms with Crippen LogP contribution in [0.3, 0.4) is 0 Å². The first kappa shape index (κ1) is 13.9. The van der Waals surface area contributed by atoms with E-state index in [0.29, 0.717) is 4.88 Å². The first-order valence-corrected chi connectivity index (χ1v) is 6.46. The number of ether oxygens (including phenoxy) is 1. The van der Waals surface area contributed by atoms with Gasteiger partial charge in [-0.15, -0.1) is 11.3 Å². The number of rotatable bonds is 5. The molecule has 0 radical (unpaired) electrons. The SMILES string of the molecule is O=C(Cn1ccc(=O)[nH]c1=O)OCC(=O)c1cccs1. The summed E-state index contributed by atoms with van der Waals surface area (Å²) in [6, 6.07) is 4.47. The number of ketones is 1. The van der Waals surface area contributed by atoms with Gasteiger partial charge in [-0.25, -0.2) is 4.79 Å². The van der Waals surface area contributed by atoms with Crippen molar-refractivity contribution in [1.82, 2.24) is 9.55 Å². The Morgan fingerprint density at radius 1 is 1.30 bits per heavy atom. The van der Waals surface area contributed by atoms with Gasteiger partial charge in [0.25, 0.3) is 5.56 Å². The van der Waals surface area contributed by atoms with Gasteiger partial charge >= 0.3 is 11.7 Å². The van der Waals surface area contributed by atoms with E-state index in [2.05, 4.69) is 0 Å². The summed E-state index contributed by atoms with van der Waals surface area (Å²) >= 11 is 1.25. The molecule has 2 heterocycles. The molecular weight excluding hydrogens is 284 g/mol. The van der Waals surface area contributed by atoms with Crippen LogP contribution < -0.4 is 11.2 Å². The highest BCUT2D eigenvalue weighted by atomic mass is 32.1. The number of H-pyrrole nitrogens is 1. The van der Waals surface area contributed by atoms with Gasteiger partial charge in [-0.1, -0.05) is 6.07 Å². The molecule has 2 rings (SSSR count). The van der Waals surface area contributed by atoms with Crippen molar-refractivity contribution in [3.63, 3.8) is 0 Å². The number of Topliss-reactive ketones (excluding diaryl/α,β-unsaturated/α-hetero) is 1. The molecule has 0 spiro atoms. The van der Waals surface area contributed by atoms with Gasteiger partial charge in [-0.2, -0.15) is 0 Å². The van der Waals surface area contributed by atoms with Gasteiger partial charge in [-0.3, -0.25) is 23.9 Å². The van der Waals surface area contributed by atoms with E-state index in [-0.39, 0.29) is 18.9 Å². The molecule has 8 heteroatoms. The van der Waals surface area contributed by atoms with E-state index in [1.165, 1.54) is 17.5 Å². The Kier molecular flexibility index (Phi) is 4.26. The number of carbonyl (C=O) groups excluding carboxylic acids is 2. The fraction of sp³-hybridized carbons (Fsp3) is 0.167. The summed E-state index contributed by atoms with van der Waals surface area (Å²) in [4.78, 5) is 47.8. The summed E-state index contributed by atoms with van der Waals surface area (Å²) in [6.07, 6.45) is 1.18. The second kappa shape index (κ2) is 6.11. The van der Waals surface area contributed by atoms with E-state index in [9.17, 15) is 19.2 Å². The number of aromatic nitrogens is 2. The highest BCUT2D eigenvalue weighted by molar-refractivity contribution is 7.12. The Labute approximate surface area is 116 Å². The Bertz CT molecular complexity index is 729. The van der Waals surface area contributed by atoms with Gasteiger partial charge in [0.05, 0.1) is 4.88 Å². The van der Waals surface area contributed by atoms with Crippen molar-refractivity contribution in [3.8, 4) is 0 Å². The first-order chi connectivity index (χ1) is 9.56. The van der Waals surface area contributed by atoms with Crippen LogP contribution in [0.25, 0.3) is 0 Å². The maximum Gasteiger partial charge on any atom is 0.328 e. The zero-order chi connectivity index (χ0) is 14.5. The van der Waals surface area contributed by atoms with Gasteiger partial charge in [0.1, 0.15) is 6.54 Å². The lowest BCUT2D eigenvalue weighted by molar-refractivity contribution is -0.143. The third-order valence-corrected chi connectivity index (χ3v) is 3.27. The molecule has 2 aromatic rings. The molecule has 0 aliphatic carbocycles. The van der Waals surface area contributed by atoms with Crippen LogP contribution in [0.2, 0.25) is 0 Å². The Balaban J connectivity index is 1.91. The molecular formula is C12H10N2O5S. The zero-order valence-corrected chi connectivity index (χ0v) is 11.0. The van der Waals surface area contributed by atoms with E-state index in [4.69, 9.17) is 4.74 Å². The van der Waals surface area contributed by atoms with Crippen molar-refractivity contribution in [1.29, 1.82) is 0 Å². The standard InChI is InChI=1S/C12H10N2O5S/c15-8(9-2-1-5-20-9)7-19-11(17)6-14-4-3-10(16)13-12(14)18/h1-5H,6-7H2,(H,13,16,18). The van der Waals surface area contributed by atoms with Crippen LogP contribution in [0.4, 0.5) is 0 Å². The van der Waals surface area contributed by atoms with Crippen LogP contribution in [0.1, 0.15) is 9.67 Å². The summed E-state index contributed by atoms with van der Waals surface area (Å²) in [6.45, 7) is -0.745. The van der Waals surface area contributed by atoms with Crippen molar-refractivity contribution in [2.45, 2.75) is 6.54 Å².